The highest BCUT2D eigenvalue weighted by molar-refractivity contribution is 6.08. The largest absolute Gasteiger partial charge is 0.0625 e. The maximum Gasteiger partial charge on any atom is 0.0283 e. The van der Waals surface area contributed by atoms with Gasteiger partial charge in [-0.3, -0.25) is 0 Å². The van der Waals surface area contributed by atoms with Crippen molar-refractivity contribution in [3.05, 3.63) is 83.9 Å². The molecule has 0 atom stereocenters. The first-order chi connectivity index (χ1) is 13.2. The molecule has 1 aliphatic rings. The fraction of sp³-hybridized carbons (Fsp3) is 0.308. The molecule has 0 nitrogen and oxygen atoms in total. The van der Waals surface area contributed by atoms with Crippen molar-refractivity contribution in [1.82, 2.24) is 0 Å². The molecule has 1 heteroatoms. The standard InChI is InChI=1S/C26H27Si/c1-19-2-6-21(7-3-19)23-10-14-25(15-11-23)26-16-12-24(13-17-26)22-8-4-20(18-27)5-9-22/h4-5,8-17,19,21H,2-3,6-7,18H2,1H3. The van der Waals surface area contributed by atoms with E-state index in [4.69, 9.17) is 0 Å². The molecule has 3 aromatic rings. The number of rotatable bonds is 4. The van der Waals surface area contributed by atoms with E-state index in [1.54, 1.807) is 0 Å². The van der Waals surface area contributed by atoms with Crippen LogP contribution in [0.3, 0.4) is 0 Å². The van der Waals surface area contributed by atoms with Crippen LogP contribution in [0.2, 0.25) is 0 Å². The molecule has 1 saturated carbocycles. The van der Waals surface area contributed by atoms with Crippen LogP contribution in [0.15, 0.2) is 72.8 Å². The molecular formula is C26H27Si. The van der Waals surface area contributed by atoms with Crippen LogP contribution in [-0.2, 0) is 6.04 Å². The highest BCUT2D eigenvalue weighted by atomic mass is 28.1. The fourth-order valence-electron chi connectivity index (χ4n) is 4.21. The number of hydrogen-bond donors (Lipinski definition) is 0. The van der Waals surface area contributed by atoms with Crippen LogP contribution in [0.25, 0.3) is 22.3 Å². The van der Waals surface area contributed by atoms with E-state index in [1.807, 2.05) is 0 Å². The normalized spacial score (nSPS) is 19.8. The first-order valence-electron chi connectivity index (χ1n) is 10.2. The van der Waals surface area contributed by atoms with Gasteiger partial charge >= 0.3 is 0 Å². The Balaban J connectivity index is 1.48. The first kappa shape index (κ1) is 18.2. The smallest absolute Gasteiger partial charge is 0.0283 e. The van der Waals surface area contributed by atoms with Gasteiger partial charge in [0.1, 0.15) is 0 Å². The summed E-state index contributed by atoms with van der Waals surface area (Å²) in [5, 5.41) is 0. The van der Waals surface area contributed by atoms with E-state index >= 15 is 0 Å². The summed E-state index contributed by atoms with van der Waals surface area (Å²) < 4.78 is 0. The third kappa shape index (κ3) is 4.25. The molecule has 0 unspecified atom stereocenters. The van der Waals surface area contributed by atoms with Gasteiger partial charge in [0.2, 0.25) is 0 Å². The second-order valence-electron chi connectivity index (χ2n) is 8.03. The van der Waals surface area contributed by atoms with Crippen molar-refractivity contribution in [3.8, 4) is 22.3 Å². The Labute approximate surface area is 167 Å². The SMILES string of the molecule is CC1CCC(c2ccc(-c3ccc(-c4ccc(C[Si])cc4)cc3)cc2)CC1. The van der Waals surface area contributed by atoms with Crippen LogP contribution < -0.4 is 0 Å². The summed E-state index contributed by atoms with van der Waals surface area (Å²) >= 11 is 0. The minimum atomic E-state index is 0.764. The molecule has 3 aromatic carbocycles. The lowest BCUT2D eigenvalue weighted by Crippen LogP contribution is -2.10. The Kier molecular flexibility index (Phi) is 5.59. The Hall–Kier alpha value is -2.12. The summed E-state index contributed by atoms with van der Waals surface area (Å²) in [5.41, 5.74) is 7.97. The quantitative estimate of drug-likeness (QED) is 0.436. The zero-order valence-corrected chi connectivity index (χ0v) is 17.1. The molecule has 0 saturated heterocycles. The molecule has 4 rings (SSSR count). The predicted molar refractivity (Wildman–Crippen MR) is 117 cm³/mol. The van der Waals surface area contributed by atoms with Crippen molar-refractivity contribution in [2.45, 2.75) is 44.6 Å². The van der Waals surface area contributed by atoms with Crippen LogP contribution in [0, 0.1) is 5.92 Å². The molecule has 0 N–H and O–H groups in total. The fourth-order valence-corrected chi connectivity index (χ4v) is 4.45. The molecule has 1 fully saturated rings. The highest BCUT2D eigenvalue weighted by Crippen LogP contribution is 2.36. The molecule has 0 aromatic heterocycles. The zero-order chi connectivity index (χ0) is 18.6. The van der Waals surface area contributed by atoms with Gasteiger partial charge in [0, 0.05) is 10.2 Å². The number of hydrogen-bond acceptors (Lipinski definition) is 0. The van der Waals surface area contributed by atoms with E-state index in [9.17, 15) is 0 Å². The van der Waals surface area contributed by atoms with Gasteiger partial charge in [-0.2, -0.15) is 0 Å². The summed E-state index contributed by atoms with van der Waals surface area (Å²) in [6, 6.07) is 27.9. The molecule has 0 amide bonds. The van der Waals surface area contributed by atoms with E-state index in [1.165, 1.54) is 59.1 Å². The van der Waals surface area contributed by atoms with Crippen molar-refractivity contribution in [2.75, 3.05) is 0 Å². The summed E-state index contributed by atoms with van der Waals surface area (Å²) in [6.07, 6.45) is 5.46. The van der Waals surface area contributed by atoms with Gasteiger partial charge < -0.3 is 0 Å². The van der Waals surface area contributed by atoms with Crippen molar-refractivity contribution in [3.63, 3.8) is 0 Å². The summed E-state index contributed by atoms with van der Waals surface area (Å²) in [5.74, 6) is 1.68. The van der Waals surface area contributed by atoms with Crippen molar-refractivity contribution >= 4 is 10.2 Å². The predicted octanol–water partition coefficient (Wildman–Crippen LogP) is 6.98. The van der Waals surface area contributed by atoms with E-state index in [-0.39, 0.29) is 0 Å². The van der Waals surface area contributed by atoms with E-state index in [0.717, 1.165) is 17.9 Å². The average molecular weight is 368 g/mol. The van der Waals surface area contributed by atoms with Crippen LogP contribution >= 0.6 is 0 Å². The Bertz CT molecular complexity index is 852. The monoisotopic (exact) mass is 367 g/mol. The van der Waals surface area contributed by atoms with Gasteiger partial charge in [0.05, 0.1) is 0 Å². The minimum Gasteiger partial charge on any atom is -0.0625 e. The second-order valence-corrected chi connectivity index (χ2v) is 8.38. The molecule has 3 radical (unpaired) electrons. The summed E-state index contributed by atoms with van der Waals surface area (Å²) in [4.78, 5) is 0. The molecule has 0 heterocycles. The van der Waals surface area contributed by atoms with Crippen LogP contribution in [0.1, 0.15) is 49.7 Å². The third-order valence-corrected chi connectivity index (χ3v) is 6.52. The molecule has 0 aliphatic heterocycles. The van der Waals surface area contributed by atoms with Crippen molar-refractivity contribution in [1.29, 1.82) is 0 Å². The van der Waals surface area contributed by atoms with Gasteiger partial charge in [-0.15, -0.1) is 0 Å². The Morgan fingerprint density at radius 2 is 1.04 bits per heavy atom. The topological polar surface area (TPSA) is 0 Å². The summed E-state index contributed by atoms with van der Waals surface area (Å²) in [6.45, 7) is 2.39. The van der Waals surface area contributed by atoms with Crippen LogP contribution in [-0.4, -0.2) is 10.2 Å². The minimum absolute atomic E-state index is 0.764. The Morgan fingerprint density at radius 1 is 0.630 bits per heavy atom. The van der Waals surface area contributed by atoms with Crippen molar-refractivity contribution < 1.29 is 0 Å². The van der Waals surface area contributed by atoms with Gasteiger partial charge in [0.15, 0.2) is 0 Å². The van der Waals surface area contributed by atoms with E-state index in [2.05, 4.69) is 90.0 Å². The average Bonchev–Trinajstić information content (AvgIpc) is 2.75. The zero-order valence-electron chi connectivity index (χ0n) is 16.1. The lowest BCUT2D eigenvalue weighted by molar-refractivity contribution is 0.348. The lowest BCUT2D eigenvalue weighted by Gasteiger charge is -2.26. The first-order valence-corrected chi connectivity index (χ1v) is 10.9. The summed E-state index contributed by atoms with van der Waals surface area (Å²) in [7, 11) is 3.56. The highest BCUT2D eigenvalue weighted by Gasteiger charge is 2.19. The second kappa shape index (κ2) is 8.27. The maximum absolute atomic E-state index is 3.56. The van der Waals surface area contributed by atoms with Crippen LogP contribution in [0.5, 0.6) is 0 Å². The molecule has 135 valence electrons. The van der Waals surface area contributed by atoms with Gasteiger partial charge in [0.25, 0.3) is 0 Å². The number of benzene rings is 3. The van der Waals surface area contributed by atoms with E-state index < -0.39 is 0 Å². The Morgan fingerprint density at radius 3 is 1.48 bits per heavy atom. The molecular weight excluding hydrogens is 340 g/mol. The van der Waals surface area contributed by atoms with Crippen LogP contribution in [0.4, 0.5) is 0 Å². The van der Waals surface area contributed by atoms with E-state index in [0.29, 0.717) is 0 Å². The molecule has 0 bridgehead atoms. The van der Waals surface area contributed by atoms with Gasteiger partial charge in [-0.25, -0.2) is 0 Å². The third-order valence-electron chi connectivity index (χ3n) is 6.11. The maximum atomic E-state index is 3.56. The lowest BCUT2D eigenvalue weighted by atomic mass is 9.79. The molecule has 0 spiro atoms. The van der Waals surface area contributed by atoms with Crippen molar-refractivity contribution in [2.24, 2.45) is 5.92 Å². The van der Waals surface area contributed by atoms with Gasteiger partial charge in [-0.1, -0.05) is 98.1 Å². The molecule has 1 aliphatic carbocycles. The van der Waals surface area contributed by atoms with Gasteiger partial charge in [-0.05, 0) is 58.5 Å². The molecule has 27 heavy (non-hydrogen) atoms.